The maximum Gasteiger partial charge on any atom is 0.244 e. The standard InChI is InChI=1S/C15H11F2N3O/c16-10-5-6-11(17)13(7-10)19-15(21)8-20-9-18-12-3-1-2-4-14(12)20/h1-7,9H,8H2,(H,19,21). The molecule has 1 N–H and O–H groups in total. The lowest BCUT2D eigenvalue weighted by atomic mass is 10.3. The average molecular weight is 287 g/mol. The highest BCUT2D eigenvalue weighted by Crippen LogP contribution is 2.16. The molecule has 0 aliphatic carbocycles. The fourth-order valence-electron chi connectivity index (χ4n) is 2.07. The van der Waals surface area contributed by atoms with Crippen LogP contribution in [0, 0.1) is 11.6 Å². The van der Waals surface area contributed by atoms with Crippen LogP contribution in [-0.4, -0.2) is 15.5 Å². The Hall–Kier alpha value is -2.76. The van der Waals surface area contributed by atoms with Gasteiger partial charge in [-0.05, 0) is 24.3 Å². The van der Waals surface area contributed by atoms with Crippen molar-refractivity contribution in [1.29, 1.82) is 0 Å². The van der Waals surface area contributed by atoms with Crippen molar-refractivity contribution < 1.29 is 13.6 Å². The number of rotatable bonds is 3. The number of anilines is 1. The largest absolute Gasteiger partial charge is 0.322 e. The summed E-state index contributed by atoms with van der Waals surface area (Å²) < 4.78 is 28.2. The Balaban J connectivity index is 1.79. The van der Waals surface area contributed by atoms with Crippen LogP contribution < -0.4 is 5.32 Å². The van der Waals surface area contributed by atoms with Gasteiger partial charge in [0.15, 0.2) is 0 Å². The van der Waals surface area contributed by atoms with Gasteiger partial charge in [-0.15, -0.1) is 0 Å². The fraction of sp³-hybridized carbons (Fsp3) is 0.0667. The van der Waals surface area contributed by atoms with E-state index in [0.717, 1.165) is 29.2 Å². The Labute approximate surface area is 119 Å². The van der Waals surface area contributed by atoms with E-state index >= 15 is 0 Å². The van der Waals surface area contributed by atoms with E-state index in [1.807, 2.05) is 24.3 Å². The Morgan fingerprint density at radius 1 is 1.19 bits per heavy atom. The van der Waals surface area contributed by atoms with Crippen molar-refractivity contribution in [2.24, 2.45) is 0 Å². The first-order valence-electron chi connectivity index (χ1n) is 6.28. The number of fused-ring (bicyclic) bond motifs is 1. The zero-order valence-electron chi connectivity index (χ0n) is 10.9. The van der Waals surface area contributed by atoms with E-state index in [0.29, 0.717) is 0 Å². The monoisotopic (exact) mass is 287 g/mol. The molecule has 0 aliphatic rings. The Morgan fingerprint density at radius 2 is 2.00 bits per heavy atom. The number of imidazole rings is 1. The van der Waals surface area contributed by atoms with Gasteiger partial charge in [-0.3, -0.25) is 4.79 Å². The SMILES string of the molecule is O=C(Cn1cnc2ccccc21)Nc1cc(F)ccc1F. The Kier molecular flexibility index (Phi) is 3.35. The molecule has 1 amide bonds. The molecular weight excluding hydrogens is 276 g/mol. The zero-order chi connectivity index (χ0) is 14.8. The first kappa shape index (κ1) is 13.2. The molecule has 1 aromatic heterocycles. The molecule has 0 fully saturated rings. The molecule has 1 heterocycles. The summed E-state index contributed by atoms with van der Waals surface area (Å²) in [5.74, 6) is -1.75. The topological polar surface area (TPSA) is 46.9 Å². The summed E-state index contributed by atoms with van der Waals surface area (Å²) in [7, 11) is 0. The number of aromatic nitrogens is 2. The number of carbonyl (C=O) groups is 1. The Morgan fingerprint density at radius 3 is 2.86 bits per heavy atom. The number of nitrogens with one attached hydrogen (secondary N) is 1. The summed E-state index contributed by atoms with van der Waals surface area (Å²) in [5, 5.41) is 2.35. The van der Waals surface area contributed by atoms with Gasteiger partial charge in [-0.25, -0.2) is 13.8 Å². The maximum absolute atomic E-state index is 13.5. The molecule has 6 heteroatoms. The van der Waals surface area contributed by atoms with Crippen molar-refractivity contribution in [1.82, 2.24) is 9.55 Å². The van der Waals surface area contributed by atoms with Crippen molar-refractivity contribution >= 4 is 22.6 Å². The molecule has 0 saturated carbocycles. The molecule has 0 atom stereocenters. The summed E-state index contributed by atoms with van der Waals surface area (Å²) in [5.41, 5.74) is 1.39. The van der Waals surface area contributed by atoms with E-state index in [-0.39, 0.29) is 12.2 Å². The molecule has 3 aromatic rings. The van der Waals surface area contributed by atoms with Gasteiger partial charge in [0.1, 0.15) is 18.2 Å². The second kappa shape index (κ2) is 5.32. The molecule has 4 nitrogen and oxygen atoms in total. The summed E-state index contributed by atoms with van der Waals surface area (Å²) in [6.07, 6.45) is 1.53. The Bertz CT molecular complexity index is 814. The summed E-state index contributed by atoms with van der Waals surface area (Å²) >= 11 is 0. The normalized spacial score (nSPS) is 10.8. The highest BCUT2D eigenvalue weighted by molar-refractivity contribution is 5.91. The summed E-state index contributed by atoms with van der Waals surface area (Å²) in [4.78, 5) is 16.1. The smallest absolute Gasteiger partial charge is 0.244 e. The number of nitrogens with zero attached hydrogens (tertiary/aromatic N) is 2. The summed E-state index contributed by atoms with van der Waals surface area (Å²) in [6.45, 7) is -0.0313. The van der Waals surface area contributed by atoms with E-state index in [1.165, 1.54) is 6.33 Å². The summed E-state index contributed by atoms with van der Waals surface area (Å²) in [6, 6.07) is 10.3. The van der Waals surface area contributed by atoms with Gasteiger partial charge in [-0.1, -0.05) is 12.1 Å². The fourth-order valence-corrected chi connectivity index (χ4v) is 2.07. The average Bonchev–Trinajstić information content (AvgIpc) is 2.86. The maximum atomic E-state index is 13.5. The van der Waals surface area contributed by atoms with Crippen LogP contribution in [0.15, 0.2) is 48.8 Å². The second-order valence-corrected chi connectivity index (χ2v) is 4.53. The molecule has 106 valence electrons. The third-order valence-electron chi connectivity index (χ3n) is 3.04. The van der Waals surface area contributed by atoms with Gasteiger partial charge >= 0.3 is 0 Å². The highest BCUT2D eigenvalue weighted by atomic mass is 19.1. The lowest BCUT2D eigenvalue weighted by Gasteiger charge is -2.07. The van der Waals surface area contributed by atoms with E-state index in [4.69, 9.17) is 0 Å². The first-order chi connectivity index (χ1) is 10.1. The number of amides is 1. The minimum absolute atomic E-state index is 0.0313. The van der Waals surface area contributed by atoms with Crippen LogP contribution in [0.1, 0.15) is 0 Å². The predicted molar refractivity (Wildman–Crippen MR) is 74.7 cm³/mol. The number of hydrogen-bond donors (Lipinski definition) is 1. The minimum atomic E-state index is -0.680. The number of benzene rings is 2. The van der Waals surface area contributed by atoms with Crippen molar-refractivity contribution in [2.75, 3.05) is 5.32 Å². The van der Waals surface area contributed by atoms with Gasteiger partial charge in [0.25, 0.3) is 0 Å². The molecule has 21 heavy (non-hydrogen) atoms. The molecule has 0 unspecified atom stereocenters. The number of para-hydroxylation sites is 2. The van der Waals surface area contributed by atoms with Crippen molar-refractivity contribution in [3.8, 4) is 0 Å². The van der Waals surface area contributed by atoms with Gasteiger partial charge < -0.3 is 9.88 Å². The lowest BCUT2D eigenvalue weighted by Crippen LogP contribution is -2.19. The molecule has 0 aliphatic heterocycles. The van der Waals surface area contributed by atoms with Crippen LogP contribution in [0.3, 0.4) is 0 Å². The minimum Gasteiger partial charge on any atom is -0.322 e. The third kappa shape index (κ3) is 2.74. The predicted octanol–water partition coefficient (Wildman–Crippen LogP) is 2.95. The number of hydrogen-bond acceptors (Lipinski definition) is 2. The van der Waals surface area contributed by atoms with Crippen molar-refractivity contribution in [3.63, 3.8) is 0 Å². The second-order valence-electron chi connectivity index (χ2n) is 4.53. The molecule has 0 saturated heterocycles. The molecule has 2 aromatic carbocycles. The van der Waals surface area contributed by atoms with Crippen LogP contribution in [0.25, 0.3) is 11.0 Å². The molecule has 0 bridgehead atoms. The quantitative estimate of drug-likeness (QED) is 0.805. The van der Waals surface area contributed by atoms with Crippen molar-refractivity contribution in [2.45, 2.75) is 6.54 Å². The van der Waals surface area contributed by atoms with Crippen LogP contribution in [0.5, 0.6) is 0 Å². The van der Waals surface area contributed by atoms with Crippen LogP contribution >= 0.6 is 0 Å². The number of halogens is 2. The van der Waals surface area contributed by atoms with Crippen molar-refractivity contribution in [3.05, 3.63) is 60.4 Å². The third-order valence-corrected chi connectivity index (χ3v) is 3.04. The first-order valence-corrected chi connectivity index (χ1v) is 6.28. The molecule has 3 rings (SSSR count). The van der Waals surface area contributed by atoms with Gasteiger partial charge in [0.05, 0.1) is 23.0 Å². The molecular formula is C15H11F2N3O. The van der Waals surface area contributed by atoms with Crippen LogP contribution in [0.4, 0.5) is 14.5 Å². The lowest BCUT2D eigenvalue weighted by molar-refractivity contribution is -0.116. The van der Waals surface area contributed by atoms with Gasteiger partial charge in [0.2, 0.25) is 5.91 Å². The van der Waals surface area contributed by atoms with Crippen LogP contribution in [-0.2, 0) is 11.3 Å². The van der Waals surface area contributed by atoms with E-state index < -0.39 is 17.5 Å². The molecule has 0 spiro atoms. The van der Waals surface area contributed by atoms with E-state index in [2.05, 4.69) is 10.3 Å². The number of carbonyl (C=O) groups excluding carboxylic acids is 1. The van der Waals surface area contributed by atoms with E-state index in [9.17, 15) is 13.6 Å². The highest BCUT2D eigenvalue weighted by Gasteiger charge is 2.10. The van der Waals surface area contributed by atoms with E-state index in [1.54, 1.807) is 4.57 Å². The van der Waals surface area contributed by atoms with Crippen LogP contribution in [0.2, 0.25) is 0 Å². The van der Waals surface area contributed by atoms with Gasteiger partial charge in [-0.2, -0.15) is 0 Å². The molecule has 0 radical (unpaired) electrons. The van der Waals surface area contributed by atoms with Gasteiger partial charge in [0, 0.05) is 6.07 Å². The zero-order valence-corrected chi connectivity index (χ0v) is 10.9.